The van der Waals surface area contributed by atoms with Crippen molar-refractivity contribution < 1.29 is 62.5 Å². The van der Waals surface area contributed by atoms with E-state index in [0.717, 1.165) is 16.7 Å². The number of carbonyl (C=O) groups is 6. The first-order valence-electron chi connectivity index (χ1n) is 16.8. The van der Waals surface area contributed by atoms with Gasteiger partial charge in [-0.05, 0) is 18.9 Å². The van der Waals surface area contributed by atoms with Crippen LogP contribution in [0, 0.1) is 32.8 Å². The van der Waals surface area contributed by atoms with Crippen LogP contribution in [0.15, 0.2) is 72.8 Å². The van der Waals surface area contributed by atoms with Gasteiger partial charge in [0.05, 0.1) is 6.42 Å². The summed E-state index contributed by atoms with van der Waals surface area (Å²) in [5.74, 6) is -4.41. The van der Waals surface area contributed by atoms with Crippen LogP contribution in [0.4, 0.5) is 13.2 Å². The van der Waals surface area contributed by atoms with Gasteiger partial charge in [0.1, 0.15) is 0 Å². The Balaban J connectivity index is 0.000000284. The molecule has 0 bridgehead atoms. The molecule has 2 unspecified atom stereocenters. The number of benzene rings is 3. The van der Waals surface area contributed by atoms with E-state index in [1.807, 2.05) is 31.2 Å². The molecular weight excluding hydrogens is 864 g/mol. The monoisotopic (exact) mass is 902 g/mol. The van der Waals surface area contributed by atoms with E-state index in [4.69, 9.17) is 12.2 Å². The molecule has 4 amide bonds. The number of imide groups is 2. The third-order valence-corrected chi connectivity index (χ3v) is 15.2. The zero-order valence-corrected chi connectivity index (χ0v) is 33.1. The predicted octanol–water partition coefficient (Wildman–Crippen LogP) is 5.89. The van der Waals surface area contributed by atoms with Gasteiger partial charge < -0.3 is 4.84 Å². The fourth-order valence-electron chi connectivity index (χ4n) is 4.98. The van der Waals surface area contributed by atoms with Crippen molar-refractivity contribution in [2.75, 3.05) is 0 Å². The zero-order valence-electron chi connectivity index (χ0n) is 30.1. The molecule has 0 spiro atoms. The van der Waals surface area contributed by atoms with Crippen molar-refractivity contribution in [3.63, 3.8) is 0 Å². The molecule has 2 aliphatic rings. The maximum absolute atomic E-state index is 13.0. The first-order valence-corrected chi connectivity index (χ1v) is 21.3. The Morgan fingerprint density at radius 1 is 0.673 bits per heavy atom. The Morgan fingerprint density at radius 2 is 1.02 bits per heavy atom. The summed E-state index contributed by atoms with van der Waals surface area (Å²) < 4.78 is 67.7. The Labute approximate surface area is 323 Å². The van der Waals surface area contributed by atoms with Crippen molar-refractivity contribution in [3.8, 4) is 0 Å². The van der Waals surface area contributed by atoms with Gasteiger partial charge in [-0.3, -0.25) is 9.59 Å². The van der Waals surface area contributed by atoms with Crippen LogP contribution in [0.1, 0.15) is 61.8 Å². The molecular formula is C37H38F3IN2O11S. The van der Waals surface area contributed by atoms with Gasteiger partial charge in [-0.1, -0.05) is 36.8 Å². The number of hydrogen-bond acceptors (Lipinski definition) is 11. The van der Waals surface area contributed by atoms with Gasteiger partial charge in [0.25, 0.3) is 11.8 Å². The van der Waals surface area contributed by atoms with Gasteiger partial charge in [0.2, 0.25) is 0 Å². The summed E-state index contributed by atoms with van der Waals surface area (Å²) in [6.07, 6.45) is 0.713. The maximum atomic E-state index is 13.0. The van der Waals surface area contributed by atoms with Crippen molar-refractivity contribution >= 4 is 65.9 Å². The van der Waals surface area contributed by atoms with Gasteiger partial charge in [0.15, 0.2) is 0 Å². The van der Waals surface area contributed by atoms with E-state index in [1.165, 1.54) is 24.3 Å². The van der Waals surface area contributed by atoms with Crippen molar-refractivity contribution in [2.45, 2.75) is 71.7 Å². The summed E-state index contributed by atoms with van der Waals surface area (Å²) >= 11 is -3.50. The van der Waals surface area contributed by atoms with Gasteiger partial charge in [-0.2, -0.15) is 0 Å². The molecule has 2 aliphatic heterocycles. The molecule has 0 aliphatic carbocycles. The van der Waals surface area contributed by atoms with Crippen LogP contribution in [0.3, 0.4) is 0 Å². The fraction of sp³-hybridized carbons (Fsp3) is 0.351. The van der Waals surface area contributed by atoms with Crippen LogP contribution in [-0.2, 0) is 63.9 Å². The molecule has 55 heavy (non-hydrogen) atoms. The summed E-state index contributed by atoms with van der Waals surface area (Å²) in [5, 5.41) is 1.06. The van der Waals surface area contributed by atoms with Crippen LogP contribution in [0.25, 0.3) is 0 Å². The molecule has 0 radical (unpaired) electrons. The van der Waals surface area contributed by atoms with E-state index in [2.05, 4.69) is 0 Å². The molecule has 18 heteroatoms. The number of halogens is 4. The second-order valence-electron chi connectivity index (χ2n) is 12.8. The first kappa shape index (κ1) is 43.0. The molecule has 2 fully saturated rings. The van der Waals surface area contributed by atoms with Crippen molar-refractivity contribution in [1.29, 1.82) is 0 Å². The first-order chi connectivity index (χ1) is 25.7. The van der Waals surface area contributed by atoms with Gasteiger partial charge in [0, 0.05) is 12.3 Å². The minimum absolute atomic E-state index is 0.0355. The van der Waals surface area contributed by atoms with Gasteiger partial charge in [-0.25, -0.2) is 4.79 Å². The number of hydroxylamine groups is 4. The number of nitrogens with zero attached hydrogens (tertiary/aromatic N) is 2. The second-order valence-corrected chi connectivity index (χ2v) is 19.3. The molecule has 0 N–H and O–H groups in total. The van der Waals surface area contributed by atoms with Crippen LogP contribution < -0.4 is 0 Å². The van der Waals surface area contributed by atoms with Crippen LogP contribution in [-0.4, -0.2) is 59.6 Å². The molecule has 5 rings (SSSR count). The third kappa shape index (κ3) is 11.7. The summed E-state index contributed by atoms with van der Waals surface area (Å²) in [5.41, 5.74) is -1.93. The third-order valence-electron chi connectivity index (χ3n) is 8.15. The van der Waals surface area contributed by atoms with Crippen LogP contribution in [0.5, 0.6) is 0 Å². The molecule has 0 aromatic heterocycles. The molecule has 3 aromatic carbocycles. The molecule has 0 saturated carbocycles. The molecule has 2 saturated heterocycles. The van der Waals surface area contributed by atoms with E-state index < -0.39 is 83.3 Å². The van der Waals surface area contributed by atoms with E-state index in [1.54, 1.807) is 45.0 Å². The topological polar surface area (TPSA) is 171 Å². The van der Waals surface area contributed by atoms with Crippen LogP contribution >= 0.6 is 20.2 Å². The molecule has 2 atom stereocenters. The Kier molecular flexibility index (Phi) is 14.3. The summed E-state index contributed by atoms with van der Waals surface area (Å²) in [4.78, 5) is 80.0. The number of rotatable bonds is 12. The average molecular weight is 903 g/mol. The normalized spacial score (nSPS) is 17.5. The number of amides is 4. The number of alkyl halides is 3. The summed E-state index contributed by atoms with van der Waals surface area (Å²) in [6, 6.07) is 20.2. The Hall–Kier alpha value is -4.69. The van der Waals surface area contributed by atoms with Crippen molar-refractivity contribution in [1.82, 2.24) is 10.1 Å². The van der Waals surface area contributed by atoms with E-state index in [9.17, 15) is 50.4 Å². The average Bonchev–Trinajstić information content (AvgIpc) is 3.51. The molecule has 13 nitrogen and oxygen atoms in total. The summed E-state index contributed by atoms with van der Waals surface area (Å²) in [7, 11) is -5.81. The van der Waals surface area contributed by atoms with Gasteiger partial charge >= 0.3 is 214 Å². The SMILES string of the molecule is Cc1ccc(CCC(=O)ON2C(=O)CC(C)C2=O)cc1.Cc1ccc(I(OS(=O)(=O)C(F)(F)F)c2ccc(CCC(=O)ON3C(=O)CC(C)C3=O)cc2)cc1. The molecule has 3 aromatic rings. The zero-order chi connectivity index (χ0) is 40.7. The number of aryl methyl sites for hydroxylation is 4. The Bertz CT molecular complexity index is 2020. The number of hydrogen-bond donors (Lipinski definition) is 0. The van der Waals surface area contributed by atoms with Gasteiger partial charge in [-0.15, -0.1) is 5.06 Å². The van der Waals surface area contributed by atoms with Crippen molar-refractivity contribution in [3.05, 3.63) is 102 Å². The van der Waals surface area contributed by atoms with Crippen LogP contribution in [0.2, 0.25) is 0 Å². The summed E-state index contributed by atoms with van der Waals surface area (Å²) in [6.45, 7) is 6.96. The quantitative estimate of drug-likeness (QED) is 0.121. The van der Waals surface area contributed by atoms with Crippen molar-refractivity contribution in [2.24, 2.45) is 11.8 Å². The molecule has 296 valence electrons. The minimum atomic E-state index is -5.81. The van der Waals surface area contributed by atoms with E-state index in [-0.39, 0.29) is 32.1 Å². The van der Waals surface area contributed by atoms with E-state index in [0.29, 0.717) is 29.3 Å². The predicted molar refractivity (Wildman–Crippen MR) is 196 cm³/mol. The standard InChI is InChI=1S/C22H21F3INO7S.C15H17NO4/c1-14-3-8-17(9-4-14)26(34-35(31,32)22(23,24)25)18-10-5-16(6-11-18)7-12-20(29)33-27-19(28)13-15(2)21(27)30;1-10-3-5-12(6-4-10)7-8-14(18)20-16-13(17)9-11(2)15(16)19/h3-6,8-11,15H,7,12-13H2,1-2H3;3-6,11H,7-9H2,1-2H3. The second kappa shape index (κ2) is 18.3. The molecule has 2 heterocycles. The Morgan fingerprint density at radius 3 is 1.36 bits per heavy atom. The number of carbonyl (C=O) groups excluding carboxylic acids is 6. The van der Waals surface area contributed by atoms with E-state index >= 15 is 0 Å². The fourth-order valence-corrected chi connectivity index (χ4v) is 11.4.